The number of anilines is 1. The van der Waals surface area contributed by atoms with Crippen molar-refractivity contribution in [3.63, 3.8) is 0 Å². The van der Waals surface area contributed by atoms with Gasteiger partial charge in [-0.2, -0.15) is 0 Å². The van der Waals surface area contributed by atoms with Crippen molar-refractivity contribution in [3.05, 3.63) is 29.8 Å². The second-order valence-corrected chi connectivity index (χ2v) is 5.48. The molecule has 0 aromatic heterocycles. The average molecular weight is 262 g/mol. The van der Waals surface area contributed by atoms with E-state index in [-0.39, 0.29) is 6.04 Å². The third-order valence-corrected chi connectivity index (χ3v) is 3.95. The van der Waals surface area contributed by atoms with Gasteiger partial charge in [0.2, 0.25) is 0 Å². The molecular formula is C16H26N2O. The normalized spacial score (nSPS) is 21.1. The first-order valence-electron chi connectivity index (χ1n) is 7.39. The zero-order valence-corrected chi connectivity index (χ0v) is 12.1. The molecule has 1 aliphatic rings. The lowest BCUT2D eigenvalue weighted by molar-refractivity contribution is 0.0216. The molecule has 2 atom stereocenters. The van der Waals surface area contributed by atoms with Gasteiger partial charge in [-0.3, -0.25) is 0 Å². The van der Waals surface area contributed by atoms with Crippen molar-refractivity contribution < 1.29 is 4.74 Å². The summed E-state index contributed by atoms with van der Waals surface area (Å²) in [4.78, 5) is 2.28. The summed E-state index contributed by atoms with van der Waals surface area (Å²) in [6.07, 6.45) is 5.05. The van der Waals surface area contributed by atoms with Crippen molar-refractivity contribution in [2.45, 2.75) is 44.8 Å². The third kappa shape index (κ3) is 3.95. The molecule has 19 heavy (non-hydrogen) atoms. The van der Waals surface area contributed by atoms with Crippen molar-refractivity contribution >= 4 is 5.69 Å². The van der Waals surface area contributed by atoms with E-state index in [2.05, 4.69) is 43.1 Å². The van der Waals surface area contributed by atoms with Gasteiger partial charge in [-0.1, -0.05) is 19.1 Å². The van der Waals surface area contributed by atoms with E-state index in [1.54, 1.807) is 0 Å². The van der Waals surface area contributed by atoms with Crippen LogP contribution in [0.3, 0.4) is 0 Å². The number of hydrogen-bond acceptors (Lipinski definition) is 3. The van der Waals surface area contributed by atoms with Crippen LogP contribution in [0.2, 0.25) is 0 Å². The van der Waals surface area contributed by atoms with Crippen LogP contribution in [0.4, 0.5) is 5.69 Å². The summed E-state index contributed by atoms with van der Waals surface area (Å²) in [6.45, 7) is 4.01. The van der Waals surface area contributed by atoms with Crippen molar-refractivity contribution in [1.82, 2.24) is 0 Å². The molecule has 1 saturated heterocycles. The fourth-order valence-corrected chi connectivity index (χ4v) is 2.57. The number of hydrogen-bond donors (Lipinski definition) is 1. The summed E-state index contributed by atoms with van der Waals surface area (Å²) < 4.78 is 5.79. The molecule has 1 fully saturated rings. The molecule has 0 bridgehead atoms. The average Bonchev–Trinajstić information content (AvgIpc) is 2.47. The first-order valence-corrected chi connectivity index (χ1v) is 7.39. The Balaban J connectivity index is 1.93. The van der Waals surface area contributed by atoms with Crippen LogP contribution in [0.1, 0.15) is 44.2 Å². The Labute approximate surface area is 116 Å². The highest BCUT2D eigenvalue weighted by Gasteiger charge is 2.16. The van der Waals surface area contributed by atoms with Gasteiger partial charge < -0.3 is 15.4 Å². The van der Waals surface area contributed by atoms with Crippen LogP contribution in [-0.4, -0.2) is 26.3 Å². The predicted molar refractivity (Wildman–Crippen MR) is 80.5 cm³/mol. The largest absolute Gasteiger partial charge is 0.376 e. The molecule has 1 heterocycles. The zero-order valence-electron chi connectivity index (χ0n) is 12.1. The Morgan fingerprint density at radius 2 is 2.05 bits per heavy atom. The molecule has 1 aliphatic heterocycles. The quantitative estimate of drug-likeness (QED) is 0.886. The number of nitrogens with zero attached hydrogens (tertiary/aromatic N) is 1. The Kier molecular flexibility index (Phi) is 5.23. The number of ether oxygens (including phenoxy) is 1. The Morgan fingerprint density at radius 1 is 1.32 bits per heavy atom. The van der Waals surface area contributed by atoms with Crippen LogP contribution in [0.5, 0.6) is 0 Å². The van der Waals surface area contributed by atoms with E-state index >= 15 is 0 Å². The molecule has 3 heteroatoms. The minimum Gasteiger partial charge on any atom is -0.376 e. The lowest BCUT2D eigenvalue weighted by atomic mass is 10.0. The van der Waals surface area contributed by atoms with Gasteiger partial charge in [-0.25, -0.2) is 0 Å². The van der Waals surface area contributed by atoms with Crippen molar-refractivity contribution in [3.8, 4) is 0 Å². The molecule has 2 unspecified atom stereocenters. The lowest BCUT2D eigenvalue weighted by Crippen LogP contribution is -2.33. The van der Waals surface area contributed by atoms with E-state index in [0.29, 0.717) is 6.10 Å². The van der Waals surface area contributed by atoms with Crippen LogP contribution in [0.25, 0.3) is 0 Å². The molecule has 0 saturated carbocycles. The number of nitrogens with two attached hydrogens (primary N) is 1. The topological polar surface area (TPSA) is 38.5 Å². The van der Waals surface area contributed by atoms with Crippen molar-refractivity contribution in [1.29, 1.82) is 0 Å². The molecule has 0 amide bonds. The van der Waals surface area contributed by atoms with Gasteiger partial charge in [-0.05, 0) is 43.4 Å². The minimum absolute atomic E-state index is 0.154. The molecule has 106 valence electrons. The molecule has 1 aromatic rings. The van der Waals surface area contributed by atoms with Crippen LogP contribution >= 0.6 is 0 Å². The van der Waals surface area contributed by atoms with Gasteiger partial charge >= 0.3 is 0 Å². The number of rotatable bonds is 5. The Hall–Kier alpha value is -1.06. The second kappa shape index (κ2) is 6.92. The standard InChI is InChI=1S/C16H26N2O/c1-3-16(17)13-7-9-14(10-8-13)18(2)12-15-6-4-5-11-19-15/h7-10,15-16H,3-6,11-12,17H2,1-2H3. The fourth-order valence-electron chi connectivity index (χ4n) is 2.57. The van der Waals surface area contributed by atoms with Gasteiger partial charge in [0.25, 0.3) is 0 Å². The molecule has 1 aromatic carbocycles. The maximum absolute atomic E-state index is 6.04. The summed E-state index contributed by atoms with van der Waals surface area (Å²) in [5.41, 5.74) is 8.49. The van der Waals surface area contributed by atoms with E-state index in [0.717, 1.165) is 19.6 Å². The summed E-state index contributed by atoms with van der Waals surface area (Å²) >= 11 is 0. The highest BCUT2D eigenvalue weighted by molar-refractivity contribution is 5.47. The molecular weight excluding hydrogens is 236 g/mol. The van der Waals surface area contributed by atoms with E-state index in [4.69, 9.17) is 10.5 Å². The van der Waals surface area contributed by atoms with E-state index in [1.807, 2.05) is 0 Å². The van der Waals surface area contributed by atoms with E-state index < -0.39 is 0 Å². The van der Waals surface area contributed by atoms with Gasteiger partial charge in [0.1, 0.15) is 0 Å². The molecule has 2 rings (SSSR count). The first kappa shape index (κ1) is 14.4. The SMILES string of the molecule is CCC(N)c1ccc(N(C)CC2CCCCO2)cc1. The Bertz CT molecular complexity index is 371. The molecule has 2 N–H and O–H groups in total. The second-order valence-electron chi connectivity index (χ2n) is 5.48. The number of benzene rings is 1. The predicted octanol–water partition coefficient (Wildman–Crippen LogP) is 3.10. The van der Waals surface area contributed by atoms with Gasteiger partial charge in [-0.15, -0.1) is 0 Å². The third-order valence-electron chi connectivity index (χ3n) is 3.95. The summed E-state index contributed by atoms with van der Waals surface area (Å²) in [5.74, 6) is 0. The van der Waals surface area contributed by atoms with Gasteiger partial charge in [0.05, 0.1) is 6.10 Å². The van der Waals surface area contributed by atoms with E-state index in [9.17, 15) is 0 Å². The van der Waals surface area contributed by atoms with Crippen molar-refractivity contribution in [2.75, 3.05) is 25.1 Å². The molecule has 0 radical (unpaired) electrons. The summed E-state index contributed by atoms with van der Waals surface area (Å²) in [7, 11) is 2.13. The van der Waals surface area contributed by atoms with Crippen LogP contribution in [0, 0.1) is 0 Å². The summed E-state index contributed by atoms with van der Waals surface area (Å²) in [6, 6.07) is 8.76. The minimum atomic E-state index is 0.154. The lowest BCUT2D eigenvalue weighted by Gasteiger charge is -2.28. The van der Waals surface area contributed by atoms with Crippen LogP contribution in [-0.2, 0) is 4.74 Å². The highest BCUT2D eigenvalue weighted by atomic mass is 16.5. The Morgan fingerprint density at radius 3 is 2.63 bits per heavy atom. The van der Waals surface area contributed by atoms with Crippen LogP contribution < -0.4 is 10.6 Å². The van der Waals surface area contributed by atoms with Gasteiger partial charge in [0.15, 0.2) is 0 Å². The maximum Gasteiger partial charge on any atom is 0.0749 e. The molecule has 3 nitrogen and oxygen atoms in total. The zero-order chi connectivity index (χ0) is 13.7. The monoisotopic (exact) mass is 262 g/mol. The summed E-state index contributed by atoms with van der Waals surface area (Å²) in [5, 5.41) is 0. The first-order chi connectivity index (χ1) is 9.20. The number of likely N-dealkylation sites (N-methyl/N-ethyl adjacent to an activating group) is 1. The van der Waals surface area contributed by atoms with Crippen molar-refractivity contribution in [2.24, 2.45) is 5.73 Å². The molecule has 0 spiro atoms. The van der Waals surface area contributed by atoms with Gasteiger partial charge in [0, 0.05) is 31.9 Å². The smallest absolute Gasteiger partial charge is 0.0749 e. The van der Waals surface area contributed by atoms with Crippen LogP contribution in [0.15, 0.2) is 24.3 Å². The molecule has 0 aliphatic carbocycles. The maximum atomic E-state index is 6.04. The fraction of sp³-hybridized carbons (Fsp3) is 0.625. The highest BCUT2D eigenvalue weighted by Crippen LogP contribution is 2.21. The van der Waals surface area contributed by atoms with E-state index in [1.165, 1.54) is 30.5 Å².